The molecule has 156 valence electrons. The summed E-state index contributed by atoms with van der Waals surface area (Å²) in [6, 6.07) is 13.6. The number of guanidine groups is 1. The molecule has 0 fully saturated rings. The molecular formula is C22H29FN4O2. The number of aliphatic imine (C=N–C) groups is 1. The third-order valence-corrected chi connectivity index (χ3v) is 4.29. The van der Waals surface area contributed by atoms with Crippen molar-refractivity contribution in [1.82, 2.24) is 16.0 Å². The summed E-state index contributed by atoms with van der Waals surface area (Å²) in [6.07, 6.45) is 0.647. The topological polar surface area (TPSA) is 74.8 Å². The first-order chi connectivity index (χ1) is 14.0. The van der Waals surface area contributed by atoms with Crippen molar-refractivity contribution >= 4 is 11.9 Å². The number of carbonyl (C=O) groups is 1. The van der Waals surface area contributed by atoms with Gasteiger partial charge in [-0.3, -0.25) is 9.79 Å². The molecule has 0 spiro atoms. The summed E-state index contributed by atoms with van der Waals surface area (Å²) in [5, 5.41) is 9.24. The first-order valence-electron chi connectivity index (χ1n) is 9.79. The van der Waals surface area contributed by atoms with Crippen LogP contribution < -0.4 is 20.7 Å². The van der Waals surface area contributed by atoms with Crippen molar-refractivity contribution in [1.29, 1.82) is 0 Å². The Bertz CT molecular complexity index is 809. The Morgan fingerprint density at radius 1 is 1.10 bits per heavy atom. The number of rotatable bonds is 9. The molecule has 7 heteroatoms. The van der Waals surface area contributed by atoms with E-state index >= 15 is 0 Å². The van der Waals surface area contributed by atoms with Gasteiger partial charge in [0.05, 0.1) is 6.54 Å². The molecule has 0 aliphatic carbocycles. The number of amides is 1. The Kier molecular flexibility index (Phi) is 8.95. The van der Waals surface area contributed by atoms with Crippen LogP contribution >= 0.6 is 0 Å². The van der Waals surface area contributed by atoms with Gasteiger partial charge in [0, 0.05) is 31.8 Å². The Morgan fingerprint density at radius 2 is 1.86 bits per heavy atom. The van der Waals surface area contributed by atoms with Crippen molar-refractivity contribution in [2.45, 2.75) is 32.9 Å². The largest absolute Gasteiger partial charge is 0.489 e. The van der Waals surface area contributed by atoms with E-state index in [0.29, 0.717) is 36.9 Å². The van der Waals surface area contributed by atoms with E-state index < -0.39 is 0 Å². The van der Waals surface area contributed by atoms with Crippen LogP contribution in [0.4, 0.5) is 4.39 Å². The maximum Gasteiger partial charge on any atom is 0.251 e. The van der Waals surface area contributed by atoms with Crippen LogP contribution in [0.3, 0.4) is 0 Å². The van der Waals surface area contributed by atoms with Crippen LogP contribution in [0.1, 0.15) is 36.2 Å². The van der Waals surface area contributed by atoms with Crippen LogP contribution in [0.2, 0.25) is 0 Å². The fourth-order valence-electron chi connectivity index (χ4n) is 2.66. The standard InChI is InChI=1S/C22H29FN4O2/c1-4-19(29-20-8-6-7-18(23)13-20)15-27-22(24-3)26-14-16-9-11-17(12-10-16)21(28)25-5-2/h6-13,19H,4-5,14-15H2,1-3H3,(H,25,28)(H2,24,26,27). The number of ether oxygens (including phenoxy) is 1. The highest BCUT2D eigenvalue weighted by Crippen LogP contribution is 2.14. The molecule has 0 saturated carbocycles. The van der Waals surface area contributed by atoms with Gasteiger partial charge in [-0.1, -0.05) is 25.1 Å². The summed E-state index contributed by atoms with van der Waals surface area (Å²) in [4.78, 5) is 16.0. The van der Waals surface area contributed by atoms with Gasteiger partial charge < -0.3 is 20.7 Å². The second-order valence-corrected chi connectivity index (χ2v) is 6.47. The van der Waals surface area contributed by atoms with Crippen molar-refractivity contribution in [2.24, 2.45) is 4.99 Å². The molecule has 2 aromatic carbocycles. The summed E-state index contributed by atoms with van der Waals surface area (Å²) in [5.41, 5.74) is 1.67. The monoisotopic (exact) mass is 400 g/mol. The number of nitrogens with one attached hydrogen (secondary N) is 3. The van der Waals surface area contributed by atoms with Gasteiger partial charge in [0.25, 0.3) is 5.91 Å². The molecule has 1 unspecified atom stereocenters. The number of hydrogen-bond donors (Lipinski definition) is 3. The second-order valence-electron chi connectivity index (χ2n) is 6.47. The fraction of sp³-hybridized carbons (Fsp3) is 0.364. The van der Waals surface area contributed by atoms with Crippen LogP contribution in [-0.4, -0.2) is 38.1 Å². The molecule has 3 N–H and O–H groups in total. The number of halogens is 1. The summed E-state index contributed by atoms with van der Waals surface area (Å²) >= 11 is 0. The molecule has 1 amide bonds. The number of carbonyl (C=O) groups excluding carboxylic acids is 1. The van der Waals surface area contributed by atoms with E-state index in [0.717, 1.165) is 12.0 Å². The zero-order valence-electron chi connectivity index (χ0n) is 17.2. The summed E-state index contributed by atoms with van der Waals surface area (Å²) < 4.78 is 19.1. The predicted molar refractivity (Wildman–Crippen MR) is 114 cm³/mol. The van der Waals surface area contributed by atoms with Crippen molar-refractivity contribution in [3.05, 3.63) is 65.5 Å². The van der Waals surface area contributed by atoms with E-state index in [-0.39, 0.29) is 17.8 Å². The predicted octanol–water partition coefficient (Wildman–Crippen LogP) is 3.10. The highest BCUT2D eigenvalue weighted by Gasteiger charge is 2.10. The Balaban J connectivity index is 1.83. The van der Waals surface area contributed by atoms with Gasteiger partial charge in [-0.05, 0) is 43.2 Å². The maximum absolute atomic E-state index is 13.3. The average molecular weight is 400 g/mol. The highest BCUT2D eigenvalue weighted by molar-refractivity contribution is 5.94. The number of nitrogens with zero attached hydrogens (tertiary/aromatic N) is 1. The lowest BCUT2D eigenvalue weighted by Gasteiger charge is -2.20. The zero-order chi connectivity index (χ0) is 21.1. The second kappa shape index (κ2) is 11.7. The third-order valence-electron chi connectivity index (χ3n) is 4.29. The minimum Gasteiger partial charge on any atom is -0.489 e. The first kappa shape index (κ1) is 22.2. The summed E-state index contributed by atoms with van der Waals surface area (Å²) in [5.74, 6) is 0.752. The molecule has 0 aliphatic rings. The van der Waals surface area contributed by atoms with E-state index in [9.17, 15) is 9.18 Å². The Morgan fingerprint density at radius 3 is 2.48 bits per heavy atom. The van der Waals surface area contributed by atoms with Crippen molar-refractivity contribution in [2.75, 3.05) is 20.1 Å². The van der Waals surface area contributed by atoms with E-state index in [2.05, 4.69) is 20.9 Å². The molecular weight excluding hydrogens is 371 g/mol. The van der Waals surface area contributed by atoms with Crippen LogP contribution in [-0.2, 0) is 6.54 Å². The number of hydrogen-bond acceptors (Lipinski definition) is 3. The summed E-state index contributed by atoms with van der Waals surface area (Å²) in [6.45, 7) is 5.60. The molecule has 2 aromatic rings. The molecule has 0 saturated heterocycles. The SMILES string of the molecule is CCNC(=O)c1ccc(CNC(=NC)NCC(CC)Oc2cccc(F)c2)cc1. The van der Waals surface area contributed by atoms with Gasteiger partial charge >= 0.3 is 0 Å². The van der Waals surface area contributed by atoms with Crippen LogP contribution in [0, 0.1) is 5.82 Å². The minimum absolute atomic E-state index is 0.0756. The highest BCUT2D eigenvalue weighted by atomic mass is 19.1. The minimum atomic E-state index is -0.319. The molecule has 1 atom stereocenters. The molecule has 6 nitrogen and oxygen atoms in total. The lowest BCUT2D eigenvalue weighted by Crippen LogP contribution is -2.42. The number of benzene rings is 2. The first-order valence-corrected chi connectivity index (χ1v) is 9.79. The lowest BCUT2D eigenvalue weighted by atomic mass is 10.1. The maximum atomic E-state index is 13.3. The third kappa shape index (κ3) is 7.44. The van der Waals surface area contributed by atoms with Gasteiger partial charge in [0.15, 0.2) is 5.96 Å². The summed E-state index contributed by atoms with van der Waals surface area (Å²) in [7, 11) is 1.70. The lowest BCUT2D eigenvalue weighted by molar-refractivity contribution is 0.0956. The molecule has 2 rings (SSSR count). The molecule has 0 heterocycles. The van der Waals surface area contributed by atoms with Crippen LogP contribution in [0.25, 0.3) is 0 Å². The molecule has 0 aromatic heterocycles. The smallest absolute Gasteiger partial charge is 0.251 e. The Labute approximate surface area is 171 Å². The Hall–Kier alpha value is -3.09. The van der Waals surface area contributed by atoms with Gasteiger partial charge in [-0.25, -0.2) is 4.39 Å². The molecule has 0 radical (unpaired) electrons. The molecule has 0 aliphatic heterocycles. The van der Waals surface area contributed by atoms with Crippen molar-refractivity contribution in [3.8, 4) is 5.75 Å². The average Bonchev–Trinajstić information content (AvgIpc) is 2.73. The van der Waals surface area contributed by atoms with Gasteiger partial charge in [0.2, 0.25) is 0 Å². The van der Waals surface area contributed by atoms with Gasteiger partial charge in [0.1, 0.15) is 17.7 Å². The van der Waals surface area contributed by atoms with Crippen LogP contribution in [0.5, 0.6) is 5.75 Å². The van der Waals surface area contributed by atoms with Crippen LogP contribution in [0.15, 0.2) is 53.5 Å². The normalized spacial score (nSPS) is 12.2. The van der Waals surface area contributed by atoms with E-state index in [1.54, 1.807) is 31.3 Å². The van der Waals surface area contributed by atoms with E-state index in [1.165, 1.54) is 12.1 Å². The molecule has 0 bridgehead atoms. The quantitative estimate of drug-likeness (QED) is 0.447. The van der Waals surface area contributed by atoms with E-state index in [1.807, 2.05) is 26.0 Å². The van der Waals surface area contributed by atoms with E-state index in [4.69, 9.17) is 4.74 Å². The van der Waals surface area contributed by atoms with Crippen molar-refractivity contribution < 1.29 is 13.9 Å². The van der Waals surface area contributed by atoms with Gasteiger partial charge in [-0.15, -0.1) is 0 Å². The van der Waals surface area contributed by atoms with Crippen molar-refractivity contribution in [3.63, 3.8) is 0 Å². The van der Waals surface area contributed by atoms with Gasteiger partial charge in [-0.2, -0.15) is 0 Å². The zero-order valence-corrected chi connectivity index (χ0v) is 17.2. The molecule has 29 heavy (non-hydrogen) atoms. The fourth-order valence-corrected chi connectivity index (χ4v) is 2.66.